The highest BCUT2D eigenvalue weighted by molar-refractivity contribution is 6.30. The zero-order chi connectivity index (χ0) is 12.1. The predicted molar refractivity (Wildman–Crippen MR) is 60.1 cm³/mol. The molecule has 0 aliphatic rings. The molecule has 0 bridgehead atoms. The van der Waals surface area contributed by atoms with E-state index in [2.05, 4.69) is 0 Å². The van der Waals surface area contributed by atoms with E-state index in [9.17, 15) is 10.1 Å². The van der Waals surface area contributed by atoms with Gasteiger partial charge in [0, 0.05) is 24.3 Å². The summed E-state index contributed by atoms with van der Waals surface area (Å²) in [6.07, 6.45) is -0.276. The molecule has 0 aliphatic carbocycles. The van der Waals surface area contributed by atoms with Crippen LogP contribution in [0.3, 0.4) is 0 Å². The van der Waals surface area contributed by atoms with E-state index in [0.717, 1.165) is 0 Å². The molecule has 88 valence electrons. The number of hydrogen-bond donors (Lipinski definition) is 0. The Bertz CT molecular complexity index is 383. The number of halogens is 1. The number of benzene rings is 1. The van der Waals surface area contributed by atoms with Crippen LogP contribution in [0.5, 0.6) is 5.75 Å². The van der Waals surface area contributed by atoms with Gasteiger partial charge in [-0.3, -0.25) is 10.1 Å². The quantitative estimate of drug-likeness (QED) is 0.591. The van der Waals surface area contributed by atoms with Crippen molar-refractivity contribution in [2.45, 2.75) is 13.0 Å². The fraction of sp³-hybridized carbons (Fsp3) is 0.400. The predicted octanol–water partition coefficient (Wildman–Crippen LogP) is 2.66. The van der Waals surface area contributed by atoms with E-state index >= 15 is 0 Å². The number of rotatable bonds is 5. The monoisotopic (exact) mass is 245 g/mol. The van der Waals surface area contributed by atoms with Crippen LogP contribution < -0.4 is 4.74 Å². The number of methoxy groups -OCH3 is 1. The minimum absolute atomic E-state index is 0.104. The molecule has 1 rings (SSSR count). The van der Waals surface area contributed by atoms with Crippen LogP contribution in [0.15, 0.2) is 18.2 Å². The van der Waals surface area contributed by atoms with Crippen LogP contribution in [-0.4, -0.2) is 24.7 Å². The first-order valence-corrected chi connectivity index (χ1v) is 5.02. The number of ether oxygens (including phenoxy) is 2. The van der Waals surface area contributed by atoms with Gasteiger partial charge in [-0.2, -0.15) is 0 Å². The van der Waals surface area contributed by atoms with Crippen molar-refractivity contribution in [2.75, 3.05) is 13.7 Å². The van der Waals surface area contributed by atoms with Gasteiger partial charge in [0.25, 0.3) is 0 Å². The Morgan fingerprint density at radius 2 is 2.25 bits per heavy atom. The molecule has 0 saturated carbocycles. The van der Waals surface area contributed by atoms with Crippen molar-refractivity contribution >= 4 is 17.3 Å². The van der Waals surface area contributed by atoms with Crippen molar-refractivity contribution in [3.05, 3.63) is 33.3 Å². The summed E-state index contributed by atoms with van der Waals surface area (Å²) in [6.45, 7) is 2.11. The Labute approximate surface area is 98.1 Å². The Kier molecular flexibility index (Phi) is 4.52. The van der Waals surface area contributed by atoms with E-state index in [1.165, 1.54) is 25.3 Å². The van der Waals surface area contributed by atoms with Crippen molar-refractivity contribution in [1.82, 2.24) is 0 Å². The van der Waals surface area contributed by atoms with Crippen LogP contribution in [0, 0.1) is 10.1 Å². The molecule has 1 aromatic rings. The van der Waals surface area contributed by atoms with Gasteiger partial charge < -0.3 is 9.47 Å². The summed E-state index contributed by atoms with van der Waals surface area (Å²) in [6, 6.07) is 4.19. The van der Waals surface area contributed by atoms with Crippen LogP contribution in [0.4, 0.5) is 5.69 Å². The minimum atomic E-state index is -0.509. The molecular weight excluding hydrogens is 234 g/mol. The van der Waals surface area contributed by atoms with Crippen LogP contribution in [0.2, 0.25) is 5.02 Å². The number of nitro groups is 1. The molecule has 16 heavy (non-hydrogen) atoms. The van der Waals surface area contributed by atoms with E-state index < -0.39 is 4.92 Å². The molecule has 1 atom stereocenters. The van der Waals surface area contributed by atoms with Crippen LogP contribution in [0.25, 0.3) is 0 Å². The van der Waals surface area contributed by atoms with E-state index in [1.807, 2.05) is 0 Å². The molecule has 0 heterocycles. The molecule has 0 radical (unpaired) electrons. The van der Waals surface area contributed by atoms with E-state index in [-0.39, 0.29) is 17.5 Å². The number of nitro benzene ring substituents is 1. The van der Waals surface area contributed by atoms with Gasteiger partial charge in [-0.1, -0.05) is 11.6 Å². The lowest BCUT2D eigenvalue weighted by Gasteiger charge is -2.13. The second-order valence-corrected chi connectivity index (χ2v) is 3.69. The van der Waals surface area contributed by atoms with Crippen LogP contribution >= 0.6 is 11.6 Å². The highest BCUT2D eigenvalue weighted by Gasteiger charge is 2.17. The lowest BCUT2D eigenvalue weighted by Crippen LogP contribution is -2.18. The molecule has 0 saturated heterocycles. The van der Waals surface area contributed by atoms with Gasteiger partial charge in [-0.25, -0.2) is 0 Å². The van der Waals surface area contributed by atoms with Gasteiger partial charge in [0.05, 0.1) is 11.5 Å². The Hall–Kier alpha value is -1.33. The summed E-state index contributed by atoms with van der Waals surface area (Å²) in [5.74, 6) is 0.155. The van der Waals surface area contributed by atoms with E-state index in [0.29, 0.717) is 11.6 Å². The average molecular weight is 246 g/mol. The first-order chi connectivity index (χ1) is 7.54. The van der Waals surface area contributed by atoms with Gasteiger partial charge >= 0.3 is 5.69 Å². The first kappa shape index (κ1) is 12.7. The fourth-order valence-corrected chi connectivity index (χ4v) is 1.38. The van der Waals surface area contributed by atoms with E-state index in [4.69, 9.17) is 21.1 Å². The van der Waals surface area contributed by atoms with E-state index in [1.54, 1.807) is 6.92 Å². The maximum absolute atomic E-state index is 10.7. The smallest absolute Gasteiger partial charge is 0.311 e. The van der Waals surface area contributed by atoms with Crippen molar-refractivity contribution in [2.24, 2.45) is 0 Å². The third-order valence-electron chi connectivity index (χ3n) is 1.85. The lowest BCUT2D eigenvalue weighted by molar-refractivity contribution is -0.386. The topological polar surface area (TPSA) is 61.6 Å². The molecule has 0 spiro atoms. The summed E-state index contributed by atoms with van der Waals surface area (Å²) in [5.41, 5.74) is -0.104. The molecule has 1 aromatic carbocycles. The van der Waals surface area contributed by atoms with Crippen molar-refractivity contribution < 1.29 is 14.4 Å². The molecule has 6 heteroatoms. The Morgan fingerprint density at radius 3 is 2.81 bits per heavy atom. The van der Waals surface area contributed by atoms with Crippen LogP contribution in [-0.2, 0) is 4.74 Å². The number of nitrogens with zero attached hydrogens (tertiary/aromatic N) is 1. The first-order valence-electron chi connectivity index (χ1n) is 4.64. The second-order valence-electron chi connectivity index (χ2n) is 3.25. The summed E-state index contributed by atoms with van der Waals surface area (Å²) in [5, 5.41) is 11.1. The van der Waals surface area contributed by atoms with Gasteiger partial charge in [0.2, 0.25) is 0 Å². The second kappa shape index (κ2) is 5.67. The fourth-order valence-electron chi connectivity index (χ4n) is 1.22. The summed E-state index contributed by atoms with van der Waals surface area (Å²) < 4.78 is 10.3. The molecule has 0 fully saturated rings. The lowest BCUT2D eigenvalue weighted by atomic mass is 10.3. The maximum atomic E-state index is 10.7. The minimum Gasteiger partial charge on any atom is -0.481 e. The van der Waals surface area contributed by atoms with Gasteiger partial charge in [0.1, 0.15) is 6.10 Å². The van der Waals surface area contributed by atoms with Gasteiger partial charge in [-0.05, 0) is 13.0 Å². The SMILES string of the molecule is COCC(C)Oc1cc(Cl)ccc1[N+](=O)[O-]. The standard InChI is InChI=1S/C10H12ClNO4/c1-7(6-15-2)16-10-5-8(11)3-4-9(10)12(13)14/h3-5,7H,6H2,1-2H3. The van der Waals surface area contributed by atoms with Crippen molar-refractivity contribution in [1.29, 1.82) is 0 Å². The van der Waals surface area contributed by atoms with Crippen molar-refractivity contribution in [3.63, 3.8) is 0 Å². The molecule has 1 unspecified atom stereocenters. The van der Waals surface area contributed by atoms with Crippen molar-refractivity contribution in [3.8, 4) is 5.75 Å². The molecule has 0 aromatic heterocycles. The molecule has 0 N–H and O–H groups in total. The third-order valence-corrected chi connectivity index (χ3v) is 2.08. The Morgan fingerprint density at radius 1 is 1.56 bits per heavy atom. The normalized spacial score (nSPS) is 12.2. The highest BCUT2D eigenvalue weighted by Crippen LogP contribution is 2.30. The summed E-state index contributed by atoms with van der Waals surface area (Å²) in [7, 11) is 1.53. The zero-order valence-electron chi connectivity index (χ0n) is 8.97. The summed E-state index contributed by atoms with van der Waals surface area (Å²) in [4.78, 5) is 10.2. The molecule has 0 aliphatic heterocycles. The number of hydrogen-bond acceptors (Lipinski definition) is 4. The summed E-state index contributed by atoms with van der Waals surface area (Å²) >= 11 is 5.75. The van der Waals surface area contributed by atoms with Gasteiger partial charge in [-0.15, -0.1) is 0 Å². The largest absolute Gasteiger partial charge is 0.481 e. The zero-order valence-corrected chi connectivity index (χ0v) is 9.73. The molecule has 5 nitrogen and oxygen atoms in total. The van der Waals surface area contributed by atoms with Gasteiger partial charge in [0.15, 0.2) is 5.75 Å². The average Bonchev–Trinajstić information content (AvgIpc) is 2.17. The molecule has 0 amide bonds. The van der Waals surface area contributed by atoms with Crippen LogP contribution in [0.1, 0.15) is 6.92 Å². The molecular formula is C10H12ClNO4. The maximum Gasteiger partial charge on any atom is 0.311 e. The third kappa shape index (κ3) is 3.36. The Balaban J connectivity index is 2.92. The highest BCUT2D eigenvalue weighted by atomic mass is 35.5.